The summed E-state index contributed by atoms with van der Waals surface area (Å²) in [5.41, 5.74) is -0.223. The van der Waals surface area contributed by atoms with Gasteiger partial charge < -0.3 is 5.11 Å². The molecule has 4 rings (SSSR count). The Kier molecular flexibility index (Phi) is 1.39. The van der Waals surface area contributed by atoms with Crippen LogP contribution in [-0.2, 0) is 0 Å². The Morgan fingerprint density at radius 3 is 2.17 bits per heavy atom. The lowest BCUT2D eigenvalue weighted by Crippen LogP contribution is -2.38. The van der Waals surface area contributed by atoms with Gasteiger partial charge in [0.05, 0.1) is 5.60 Å². The Morgan fingerprint density at radius 1 is 0.917 bits per heavy atom. The molecule has 4 bridgehead atoms. The first-order chi connectivity index (χ1) is 5.73. The van der Waals surface area contributed by atoms with Crippen LogP contribution in [0.5, 0.6) is 0 Å². The zero-order chi connectivity index (χ0) is 8.18. The second kappa shape index (κ2) is 2.25. The second-order valence-electron chi connectivity index (χ2n) is 5.48. The van der Waals surface area contributed by atoms with Gasteiger partial charge in [-0.1, -0.05) is 0 Å². The molecule has 4 saturated carbocycles. The Bertz CT molecular complexity index is 185. The summed E-state index contributed by atoms with van der Waals surface area (Å²) in [4.78, 5) is 0. The van der Waals surface area contributed by atoms with Crippen LogP contribution in [0.3, 0.4) is 0 Å². The van der Waals surface area contributed by atoms with Gasteiger partial charge in [-0.05, 0) is 62.7 Å². The van der Waals surface area contributed by atoms with Crippen LogP contribution in [0.25, 0.3) is 0 Å². The van der Waals surface area contributed by atoms with Crippen molar-refractivity contribution in [2.24, 2.45) is 17.8 Å². The minimum absolute atomic E-state index is 0.223. The predicted octanol–water partition coefficient (Wildman–Crippen LogP) is 2.34. The van der Waals surface area contributed by atoms with E-state index in [-0.39, 0.29) is 5.60 Å². The summed E-state index contributed by atoms with van der Waals surface area (Å²) in [5, 5.41) is 10.3. The van der Waals surface area contributed by atoms with E-state index < -0.39 is 0 Å². The third-order valence-corrected chi connectivity index (χ3v) is 4.36. The SMILES string of the molecule is OC12CCC3C[C@H](C[C@@H](C3)C1)C2. The molecule has 12 heavy (non-hydrogen) atoms. The topological polar surface area (TPSA) is 20.2 Å². The first-order valence-corrected chi connectivity index (χ1v) is 5.46. The molecule has 0 heterocycles. The predicted molar refractivity (Wildman–Crippen MR) is 47.7 cm³/mol. The van der Waals surface area contributed by atoms with Crippen molar-refractivity contribution < 1.29 is 5.11 Å². The highest BCUT2D eigenvalue weighted by molar-refractivity contribution is 4.98. The van der Waals surface area contributed by atoms with E-state index in [0.29, 0.717) is 0 Å². The van der Waals surface area contributed by atoms with E-state index in [1.54, 1.807) is 0 Å². The molecule has 0 spiro atoms. The Labute approximate surface area is 74.2 Å². The fraction of sp³-hybridized carbons (Fsp3) is 1.00. The van der Waals surface area contributed by atoms with Crippen LogP contribution in [0.1, 0.15) is 44.9 Å². The average Bonchev–Trinajstić information content (AvgIpc) is 2.14. The molecule has 1 N–H and O–H groups in total. The first-order valence-electron chi connectivity index (χ1n) is 5.46. The molecule has 0 aromatic rings. The summed E-state index contributed by atoms with van der Waals surface area (Å²) in [5.74, 6) is 2.75. The molecule has 4 aliphatic carbocycles. The van der Waals surface area contributed by atoms with Gasteiger partial charge in [0.25, 0.3) is 0 Å². The van der Waals surface area contributed by atoms with Crippen molar-refractivity contribution in [3.63, 3.8) is 0 Å². The second-order valence-corrected chi connectivity index (χ2v) is 5.48. The van der Waals surface area contributed by atoms with E-state index in [0.717, 1.165) is 37.0 Å². The molecular weight excluding hydrogens is 148 g/mol. The molecular formula is C11H18O. The van der Waals surface area contributed by atoms with Crippen LogP contribution in [0.4, 0.5) is 0 Å². The van der Waals surface area contributed by atoms with Gasteiger partial charge in [-0.25, -0.2) is 0 Å². The Morgan fingerprint density at radius 2 is 1.50 bits per heavy atom. The van der Waals surface area contributed by atoms with Gasteiger partial charge in [0.2, 0.25) is 0 Å². The lowest BCUT2D eigenvalue weighted by atomic mass is 9.66. The molecule has 4 aliphatic rings. The molecule has 2 atom stereocenters. The summed E-state index contributed by atoms with van der Waals surface area (Å²) in [6, 6.07) is 0. The number of fused-ring (bicyclic) bond motifs is 1. The quantitative estimate of drug-likeness (QED) is 0.585. The van der Waals surface area contributed by atoms with Crippen molar-refractivity contribution in [2.45, 2.75) is 50.5 Å². The zero-order valence-corrected chi connectivity index (χ0v) is 7.63. The first kappa shape index (κ1) is 7.37. The molecule has 0 aromatic carbocycles. The largest absolute Gasteiger partial charge is 0.390 e. The van der Waals surface area contributed by atoms with E-state index in [2.05, 4.69) is 0 Å². The molecule has 1 heteroatoms. The molecule has 0 amide bonds. The van der Waals surface area contributed by atoms with Gasteiger partial charge >= 0.3 is 0 Å². The number of aliphatic hydroxyl groups is 1. The normalized spacial score (nSPS) is 57.2. The van der Waals surface area contributed by atoms with Crippen LogP contribution in [-0.4, -0.2) is 10.7 Å². The summed E-state index contributed by atoms with van der Waals surface area (Å²) >= 11 is 0. The number of hydrogen-bond donors (Lipinski definition) is 1. The van der Waals surface area contributed by atoms with E-state index in [1.165, 1.54) is 25.7 Å². The van der Waals surface area contributed by atoms with Gasteiger partial charge in [0, 0.05) is 0 Å². The van der Waals surface area contributed by atoms with Crippen LogP contribution in [0.2, 0.25) is 0 Å². The van der Waals surface area contributed by atoms with Gasteiger partial charge in [-0.3, -0.25) is 0 Å². The highest BCUT2D eigenvalue weighted by Gasteiger charge is 2.46. The van der Waals surface area contributed by atoms with Crippen molar-refractivity contribution in [1.82, 2.24) is 0 Å². The summed E-state index contributed by atoms with van der Waals surface area (Å²) in [6.07, 6.45) is 8.95. The zero-order valence-electron chi connectivity index (χ0n) is 7.63. The number of rotatable bonds is 0. The summed E-state index contributed by atoms with van der Waals surface area (Å²) in [6.45, 7) is 0. The van der Waals surface area contributed by atoms with E-state index in [9.17, 15) is 5.11 Å². The fourth-order valence-electron chi connectivity index (χ4n) is 4.11. The maximum Gasteiger partial charge on any atom is 0.0653 e. The molecule has 68 valence electrons. The van der Waals surface area contributed by atoms with E-state index in [1.807, 2.05) is 0 Å². The number of hydrogen-bond acceptors (Lipinski definition) is 1. The van der Waals surface area contributed by atoms with Crippen molar-refractivity contribution in [3.8, 4) is 0 Å². The van der Waals surface area contributed by atoms with E-state index in [4.69, 9.17) is 0 Å². The van der Waals surface area contributed by atoms with Crippen LogP contribution in [0.15, 0.2) is 0 Å². The van der Waals surface area contributed by atoms with Crippen LogP contribution >= 0.6 is 0 Å². The van der Waals surface area contributed by atoms with Crippen molar-refractivity contribution >= 4 is 0 Å². The average molecular weight is 166 g/mol. The van der Waals surface area contributed by atoms with Crippen molar-refractivity contribution in [2.75, 3.05) is 0 Å². The maximum absolute atomic E-state index is 10.3. The minimum atomic E-state index is -0.223. The minimum Gasteiger partial charge on any atom is -0.390 e. The third kappa shape index (κ3) is 1.02. The maximum atomic E-state index is 10.3. The third-order valence-electron chi connectivity index (χ3n) is 4.36. The fourth-order valence-corrected chi connectivity index (χ4v) is 4.11. The van der Waals surface area contributed by atoms with Gasteiger partial charge in [-0.15, -0.1) is 0 Å². The van der Waals surface area contributed by atoms with E-state index >= 15 is 0 Å². The summed E-state index contributed by atoms with van der Waals surface area (Å²) < 4.78 is 0. The lowest BCUT2D eigenvalue weighted by molar-refractivity contribution is -0.0412. The highest BCUT2D eigenvalue weighted by Crippen LogP contribution is 2.52. The highest BCUT2D eigenvalue weighted by atomic mass is 16.3. The smallest absolute Gasteiger partial charge is 0.0653 e. The summed E-state index contributed by atoms with van der Waals surface area (Å²) in [7, 11) is 0. The molecule has 1 nitrogen and oxygen atoms in total. The lowest BCUT2D eigenvalue weighted by Gasteiger charge is -2.42. The van der Waals surface area contributed by atoms with Crippen LogP contribution < -0.4 is 0 Å². The molecule has 0 radical (unpaired) electrons. The Balaban J connectivity index is 1.94. The van der Waals surface area contributed by atoms with Crippen molar-refractivity contribution in [3.05, 3.63) is 0 Å². The monoisotopic (exact) mass is 166 g/mol. The standard InChI is InChI=1S/C11H18O/c12-11-2-1-8-3-9(6-11)5-10(4-8)7-11/h8-10,12H,1-7H2/t8?,9-,10-,11?/m1/s1. The van der Waals surface area contributed by atoms with Crippen LogP contribution in [0, 0.1) is 17.8 Å². The molecule has 4 fully saturated rings. The molecule has 0 aliphatic heterocycles. The van der Waals surface area contributed by atoms with Gasteiger partial charge in [-0.2, -0.15) is 0 Å². The van der Waals surface area contributed by atoms with Gasteiger partial charge in [0.15, 0.2) is 0 Å². The van der Waals surface area contributed by atoms with Gasteiger partial charge in [0.1, 0.15) is 0 Å². The Hall–Kier alpha value is -0.0400. The molecule has 0 unspecified atom stereocenters. The molecule has 0 saturated heterocycles. The molecule has 0 aromatic heterocycles. The van der Waals surface area contributed by atoms with Crippen molar-refractivity contribution in [1.29, 1.82) is 0 Å².